The van der Waals surface area contributed by atoms with Gasteiger partial charge in [-0.15, -0.1) is 0 Å². The van der Waals surface area contributed by atoms with E-state index in [4.69, 9.17) is 27.9 Å². The maximum absolute atomic E-state index is 15.0. The van der Waals surface area contributed by atoms with Gasteiger partial charge in [-0.25, -0.2) is 41.3 Å². The van der Waals surface area contributed by atoms with Crippen LogP contribution < -0.4 is 26.0 Å². The number of urea groups is 1. The molecule has 3 aromatic rings. The van der Waals surface area contributed by atoms with Crippen molar-refractivity contribution in [1.82, 2.24) is 36.0 Å². The number of carbonyl (C=O) groups is 8. The van der Waals surface area contributed by atoms with E-state index in [0.717, 1.165) is 11.6 Å². The molecule has 1 saturated heterocycles. The van der Waals surface area contributed by atoms with Crippen LogP contribution in [0.1, 0.15) is 79.8 Å². The summed E-state index contributed by atoms with van der Waals surface area (Å²) < 4.78 is 60.5. The number of aromatic nitrogens is 2. The summed E-state index contributed by atoms with van der Waals surface area (Å²) in [4.78, 5) is 115. The number of ether oxygens (including phenoxy) is 1. The van der Waals surface area contributed by atoms with Gasteiger partial charge in [0.2, 0.25) is 18.1 Å². The Labute approximate surface area is 399 Å². The predicted molar refractivity (Wildman–Crippen MR) is 238 cm³/mol. The second-order valence-electron chi connectivity index (χ2n) is 16.3. The standard InChI is InChI=1S/C43H50Cl2F2N8O12S/c1-5-24(4)36(53-38(58)31(15-23(2)3)51-39(59)32-19-48-12-13-49-32)41(61)55(14-11-26(21-55)67-22-25-9-7-6-8-10-25)43(64)52-30(18-34(46)47)37(57)40(60)50-20-35(56)54-68(65,66)33-16-27(42(62)63)28(44)17-29(33)45/h6-10,12-13,16-17,19,23-24,26,30-31,34,36H,5,11,14-15,18,20-22H2,1-4H3,(H5-,50,51,52,53,54,56,58,59,60,62,63,64)/p+1. The number of likely N-dealkylation sites (tertiary alicyclic amines) is 1. The zero-order valence-corrected chi connectivity index (χ0v) is 39.5. The number of amides is 7. The number of carbonyl (C=O) groups excluding carboxylic acids is 7. The molecule has 0 spiro atoms. The second kappa shape index (κ2) is 24.3. The van der Waals surface area contributed by atoms with Crippen molar-refractivity contribution < 1.29 is 69.9 Å². The summed E-state index contributed by atoms with van der Waals surface area (Å²) in [6.45, 7) is 5.02. The number of sulfonamides is 1. The molecule has 0 saturated carbocycles. The minimum Gasteiger partial charge on any atom is -0.478 e. The number of benzene rings is 2. The van der Waals surface area contributed by atoms with E-state index in [-0.39, 0.29) is 44.0 Å². The molecular formula is C43H51Cl2F2N8O12S+. The largest absolute Gasteiger partial charge is 0.478 e. The Morgan fingerprint density at radius 2 is 1.62 bits per heavy atom. The van der Waals surface area contributed by atoms with Crippen molar-refractivity contribution in [3.63, 3.8) is 0 Å². The average Bonchev–Trinajstić information content (AvgIpc) is 3.73. The van der Waals surface area contributed by atoms with Crippen molar-refractivity contribution in [3.05, 3.63) is 87.9 Å². The van der Waals surface area contributed by atoms with Crippen LogP contribution in [0.15, 0.2) is 66.0 Å². The SMILES string of the molecule is CCC(C)C(NC(=O)C(CC(C)C)NC(=O)c1cnccn1)C(=O)[N+]1(C(=O)NC(CC(F)F)C(=O)C(=O)NCC(=O)NS(=O)(=O)c2cc(C(=O)O)c(Cl)cc2Cl)CCC(OCc2ccccc2)C1. The molecule has 2 heterocycles. The Bertz CT molecular complexity index is 2480. The lowest BCUT2D eigenvalue weighted by Gasteiger charge is -2.35. The van der Waals surface area contributed by atoms with Gasteiger partial charge in [0.15, 0.2) is 0 Å². The van der Waals surface area contributed by atoms with Crippen LogP contribution >= 0.6 is 23.2 Å². The number of carboxylic acid groups (broad SMARTS) is 1. The van der Waals surface area contributed by atoms with Crippen molar-refractivity contribution in [2.45, 2.75) is 95.5 Å². The molecule has 1 fully saturated rings. The Balaban J connectivity index is 1.60. The molecule has 6 atom stereocenters. The summed E-state index contributed by atoms with van der Waals surface area (Å²) in [5, 5.41) is 17.6. The highest BCUT2D eigenvalue weighted by molar-refractivity contribution is 7.90. The number of aromatic carboxylic acids is 1. The highest BCUT2D eigenvalue weighted by Gasteiger charge is 2.56. The van der Waals surface area contributed by atoms with Gasteiger partial charge in [0.05, 0.1) is 41.5 Å². The van der Waals surface area contributed by atoms with E-state index >= 15 is 4.79 Å². The minimum atomic E-state index is -4.92. The van der Waals surface area contributed by atoms with Gasteiger partial charge < -0.3 is 25.8 Å². The summed E-state index contributed by atoms with van der Waals surface area (Å²) in [5.74, 6) is -9.79. The third-order valence-corrected chi connectivity index (χ3v) is 13.0. The lowest BCUT2D eigenvalue weighted by Crippen LogP contribution is -2.68. The first-order valence-electron chi connectivity index (χ1n) is 21.1. The molecule has 368 valence electrons. The first-order valence-corrected chi connectivity index (χ1v) is 23.4. The van der Waals surface area contributed by atoms with E-state index in [1.807, 2.05) is 0 Å². The lowest BCUT2D eigenvalue weighted by atomic mass is 9.95. The number of hydrogen-bond donors (Lipinski definition) is 6. The van der Waals surface area contributed by atoms with Crippen molar-refractivity contribution >= 4 is 80.5 Å². The first-order chi connectivity index (χ1) is 32.0. The molecule has 6 unspecified atom stereocenters. The Kier molecular flexibility index (Phi) is 19.5. The summed E-state index contributed by atoms with van der Waals surface area (Å²) in [6, 6.07) is 4.00. The molecule has 4 rings (SSSR count). The normalized spacial score (nSPS) is 17.6. The van der Waals surface area contributed by atoms with Gasteiger partial charge in [-0.05, 0) is 36.0 Å². The van der Waals surface area contributed by atoms with E-state index in [9.17, 15) is 55.9 Å². The second-order valence-corrected chi connectivity index (χ2v) is 18.8. The summed E-state index contributed by atoms with van der Waals surface area (Å²) in [5.41, 5.74) is -0.0158. The third kappa shape index (κ3) is 14.5. The Hall–Kier alpha value is -6.01. The van der Waals surface area contributed by atoms with Crippen LogP contribution in [0.25, 0.3) is 0 Å². The van der Waals surface area contributed by atoms with Crippen LogP contribution in [0.3, 0.4) is 0 Å². The van der Waals surface area contributed by atoms with Gasteiger partial charge in [-0.2, -0.15) is 4.48 Å². The molecule has 7 amide bonds. The molecule has 68 heavy (non-hydrogen) atoms. The summed E-state index contributed by atoms with van der Waals surface area (Å²) >= 11 is 11.7. The fourth-order valence-electron chi connectivity index (χ4n) is 7.09. The number of quaternary nitrogens is 1. The minimum absolute atomic E-state index is 0.0485. The number of carboxylic acids is 1. The maximum atomic E-state index is 15.0. The fourth-order valence-corrected chi connectivity index (χ4v) is 8.93. The van der Waals surface area contributed by atoms with Gasteiger partial charge in [0.1, 0.15) is 41.4 Å². The molecule has 1 aliphatic rings. The summed E-state index contributed by atoms with van der Waals surface area (Å²) in [6.07, 6.45) is -1.31. The summed E-state index contributed by atoms with van der Waals surface area (Å²) in [7, 11) is -4.92. The van der Waals surface area contributed by atoms with Crippen LogP contribution in [0, 0.1) is 11.8 Å². The fraction of sp³-hybridized carbons (Fsp3) is 0.442. The van der Waals surface area contributed by atoms with E-state index in [2.05, 4.69) is 25.9 Å². The number of alkyl halides is 2. The number of halogens is 4. The lowest BCUT2D eigenvalue weighted by molar-refractivity contribution is -0.763. The van der Waals surface area contributed by atoms with Crippen molar-refractivity contribution in [1.29, 1.82) is 0 Å². The van der Waals surface area contributed by atoms with Gasteiger partial charge >= 0.3 is 17.9 Å². The molecule has 6 N–H and O–H groups in total. The number of hydrogen-bond acceptors (Lipinski definition) is 13. The molecule has 0 aliphatic carbocycles. The Morgan fingerprint density at radius 1 is 0.926 bits per heavy atom. The smallest absolute Gasteiger partial charge is 0.424 e. The predicted octanol–water partition coefficient (Wildman–Crippen LogP) is 3.41. The van der Waals surface area contributed by atoms with E-state index in [0.29, 0.717) is 6.07 Å². The van der Waals surface area contributed by atoms with Gasteiger partial charge in [-0.1, -0.05) is 87.6 Å². The van der Waals surface area contributed by atoms with Gasteiger partial charge in [-0.3, -0.25) is 34.3 Å². The van der Waals surface area contributed by atoms with E-state index in [1.54, 1.807) is 63.3 Å². The van der Waals surface area contributed by atoms with Gasteiger partial charge in [0, 0.05) is 25.2 Å². The zero-order chi connectivity index (χ0) is 50.5. The molecule has 0 bridgehead atoms. The molecule has 25 heteroatoms. The molecule has 1 aromatic heterocycles. The number of nitrogens with one attached hydrogen (secondary N) is 5. The molecule has 20 nitrogen and oxygen atoms in total. The number of ketones is 1. The quantitative estimate of drug-likeness (QED) is 0.0622. The first kappa shape index (κ1) is 54.6. The maximum Gasteiger partial charge on any atom is 0.424 e. The third-order valence-electron chi connectivity index (χ3n) is 10.8. The molecule has 2 aromatic carbocycles. The van der Waals surface area contributed by atoms with Crippen molar-refractivity contribution in [2.75, 3.05) is 19.6 Å². The van der Waals surface area contributed by atoms with Gasteiger partial charge in [0.25, 0.3) is 27.7 Å². The molecule has 0 radical (unpaired) electrons. The van der Waals surface area contributed by atoms with Crippen LogP contribution in [0.4, 0.5) is 13.6 Å². The van der Waals surface area contributed by atoms with E-state index < -0.39 is 138 Å². The van der Waals surface area contributed by atoms with Crippen LogP contribution in [-0.2, 0) is 45.3 Å². The average molecular weight is 1010 g/mol. The number of Topliss-reactive ketones (excluding diaryl/α,β-unsaturated/α-hetero) is 1. The van der Waals surface area contributed by atoms with Crippen LogP contribution in [-0.4, -0.2) is 126 Å². The number of nitrogens with zero attached hydrogens (tertiary/aromatic N) is 3. The Morgan fingerprint density at radius 3 is 2.22 bits per heavy atom. The molecule has 1 aliphatic heterocycles. The van der Waals surface area contributed by atoms with Crippen LogP contribution in [0.5, 0.6) is 0 Å². The highest BCUT2D eigenvalue weighted by Crippen LogP contribution is 2.30. The number of rotatable bonds is 22. The highest BCUT2D eigenvalue weighted by atomic mass is 35.5. The zero-order valence-electron chi connectivity index (χ0n) is 37.2. The number of imide groups is 1. The van der Waals surface area contributed by atoms with Crippen molar-refractivity contribution in [3.8, 4) is 0 Å². The van der Waals surface area contributed by atoms with Crippen LogP contribution in [0.2, 0.25) is 10.0 Å². The topological polar surface area (TPSA) is 286 Å². The molecular weight excluding hydrogens is 961 g/mol. The monoisotopic (exact) mass is 1010 g/mol. The van der Waals surface area contributed by atoms with E-state index in [1.165, 1.54) is 23.3 Å². The van der Waals surface area contributed by atoms with Crippen molar-refractivity contribution in [2.24, 2.45) is 11.8 Å².